The van der Waals surface area contributed by atoms with E-state index in [1.807, 2.05) is 24.3 Å². The lowest BCUT2D eigenvalue weighted by Gasteiger charge is -2.43. The first-order chi connectivity index (χ1) is 14.2. The zero-order valence-corrected chi connectivity index (χ0v) is 17.4. The molecule has 1 saturated heterocycles. The molecule has 5 rings (SSSR count). The Morgan fingerprint density at radius 2 is 2.07 bits per heavy atom. The molecule has 1 aliphatic carbocycles. The number of likely N-dealkylation sites (tertiary alicyclic amines) is 1. The maximum absolute atomic E-state index is 12.2. The Bertz CT molecular complexity index is 969. The molecular weight excluding hydrogens is 382 g/mol. The van der Waals surface area contributed by atoms with Crippen LogP contribution in [0.4, 0.5) is 5.69 Å². The van der Waals surface area contributed by atoms with Crippen molar-refractivity contribution in [1.82, 2.24) is 9.88 Å². The predicted octanol–water partition coefficient (Wildman–Crippen LogP) is 5.19. The Hall–Kier alpha value is -2.18. The van der Waals surface area contributed by atoms with Crippen molar-refractivity contribution in [3.63, 3.8) is 0 Å². The molecule has 0 bridgehead atoms. The van der Waals surface area contributed by atoms with Crippen LogP contribution in [0.15, 0.2) is 41.0 Å². The number of fused-ring (bicyclic) bond motifs is 1. The number of benzene rings is 1. The second-order valence-corrected chi connectivity index (χ2v) is 9.34. The van der Waals surface area contributed by atoms with Gasteiger partial charge in [0.25, 0.3) is 0 Å². The Morgan fingerprint density at radius 1 is 1.21 bits per heavy atom. The number of aromatic nitrogens is 1. The van der Waals surface area contributed by atoms with Gasteiger partial charge in [0.05, 0.1) is 21.5 Å². The van der Waals surface area contributed by atoms with Gasteiger partial charge in [0.2, 0.25) is 5.91 Å². The first-order valence-electron chi connectivity index (χ1n) is 10.7. The minimum atomic E-state index is 0.00820. The van der Waals surface area contributed by atoms with Gasteiger partial charge in [-0.2, -0.15) is 0 Å². The summed E-state index contributed by atoms with van der Waals surface area (Å²) in [6.45, 7) is 2.56. The fraction of sp³-hybridized carbons (Fsp3) is 0.478. The van der Waals surface area contributed by atoms with E-state index < -0.39 is 0 Å². The highest BCUT2D eigenvalue weighted by Gasteiger charge is 2.36. The van der Waals surface area contributed by atoms with E-state index in [-0.39, 0.29) is 5.91 Å². The molecular formula is C23H27N3O2S. The lowest BCUT2D eigenvalue weighted by molar-refractivity contribution is -0.116. The number of anilines is 1. The molecule has 2 aromatic heterocycles. The van der Waals surface area contributed by atoms with E-state index in [2.05, 4.69) is 16.3 Å². The smallest absolute Gasteiger partial charge is 0.224 e. The fourth-order valence-corrected chi connectivity index (χ4v) is 5.61. The molecule has 5 nitrogen and oxygen atoms in total. The number of hydrogen-bond donors (Lipinski definition) is 1. The third-order valence-corrected chi connectivity index (χ3v) is 7.42. The number of thiazole rings is 1. The predicted molar refractivity (Wildman–Crippen MR) is 116 cm³/mol. The molecule has 2 fully saturated rings. The van der Waals surface area contributed by atoms with Crippen LogP contribution in [-0.4, -0.2) is 34.9 Å². The van der Waals surface area contributed by atoms with Crippen LogP contribution in [-0.2, 0) is 11.2 Å². The summed E-state index contributed by atoms with van der Waals surface area (Å²) in [5.74, 6) is 1.45. The van der Waals surface area contributed by atoms with E-state index in [1.54, 1.807) is 17.6 Å². The van der Waals surface area contributed by atoms with Gasteiger partial charge in [-0.1, -0.05) is 6.42 Å². The van der Waals surface area contributed by atoms with Crippen molar-refractivity contribution in [2.45, 2.75) is 56.9 Å². The fourth-order valence-electron chi connectivity index (χ4n) is 4.48. The van der Waals surface area contributed by atoms with Crippen molar-refractivity contribution in [3.8, 4) is 0 Å². The number of rotatable bonds is 6. The standard InChI is InChI=1S/C23H27N3O2S/c27-22(9-7-19-5-4-12-28-19)24-17-6-8-20-21(15-17)29-23(25-20)16-13-18(14-16)26-10-2-1-3-11-26/h4-6,8,12,15-16,18H,1-3,7,9-11,13-14H2,(H,24,27). The second kappa shape index (κ2) is 8.28. The van der Waals surface area contributed by atoms with Crippen molar-refractivity contribution in [1.29, 1.82) is 0 Å². The molecule has 1 aromatic carbocycles. The van der Waals surface area contributed by atoms with E-state index in [0.717, 1.165) is 27.7 Å². The first-order valence-corrected chi connectivity index (χ1v) is 11.5. The van der Waals surface area contributed by atoms with Gasteiger partial charge < -0.3 is 14.6 Å². The molecule has 152 valence electrons. The largest absolute Gasteiger partial charge is 0.469 e. The number of amides is 1. The summed E-state index contributed by atoms with van der Waals surface area (Å²) in [4.78, 5) is 19.8. The summed E-state index contributed by atoms with van der Waals surface area (Å²) in [5.41, 5.74) is 1.89. The molecule has 1 N–H and O–H groups in total. The average molecular weight is 410 g/mol. The molecule has 1 amide bonds. The van der Waals surface area contributed by atoms with Gasteiger partial charge in [-0.05, 0) is 69.1 Å². The van der Waals surface area contributed by atoms with Crippen LogP contribution in [0, 0.1) is 0 Å². The van der Waals surface area contributed by atoms with Crippen LogP contribution < -0.4 is 5.32 Å². The Labute approximate surface area is 175 Å². The van der Waals surface area contributed by atoms with Gasteiger partial charge in [0.1, 0.15) is 5.76 Å². The number of furan rings is 1. The minimum absolute atomic E-state index is 0.00820. The van der Waals surface area contributed by atoms with Crippen molar-refractivity contribution in [2.75, 3.05) is 18.4 Å². The van der Waals surface area contributed by atoms with Crippen LogP contribution >= 0.6 is 11.3 Å². The van der Waals surface area contributed by atoms with E-state index in [1.165, 1.54) is 50.2 Å². The topological polar surface area (TPSA) is 58.4 Å². The second-order valence-electron chi connectivity index (χ2n) is 8.28. The van der Waals surface area contributed by atoms with Crippen molar-refractivity contribution < 1.29 is 9.21 Å². The molecule has 1 aliphatic heterocycles. The number of carbonyl (C=O) groups excluding carboxylic acids is 1. The first kappa shape index (κ1) is 18.8. The molecule has 0 spiro atoms. The normalized spacial score (nSPS) is 22.5. The van der Waals surface area contributed by atoms with Crippen LogP contribution in [0.5, 0.6) is 0 Å². The summed E-state index contributed by atoms with van der Waals surface area (Å²) in [5, 5.41) is 4.26. The van der Waals surface area contributed by atoms with Crippen LogP contribution in [0.3, 0.4) is 0 Å². The number of carbonyl (C=O) groups is 1. The monoisotopic (exact) mass is 409 g/mol. The van der Waals surface area contributed by atoms with E-state index >= 15 is 0 Å². The van der Waals surface area contributed by atoms with E-state index in [0.29, 0.717) is 18.8 Å². The maximum atomic E-state index is 12.2. The third kappa shape index (κ3) is 4.23. The Balaban J connectivity index is 1.18. The van der Waals surface area contributed by atoms with E-state index in [4.69, 9.17) is 9.40 Å². The highest BCUT2D eigenvalue weighted by Crippen LogP contribution is 2.43. The van der Waals surface area contributed by atoms with Crippen molar-refractivity contribution in [3.05, 3.63) is 47.4 Å². The van der Waals surface area contributed by atoms with Gasteiger partial charge >= 0.3 is 0 Å². The highest BCUT2D eigenvalue weighted by molar-refractivity contribution is 7.18. The number of hydrogen-bond acceptors (Lipinski definition) is 5. The lowest BCUT2D eigenvalue weighted by Crippen LogP contribution is -2.46. The van der Waals surface area contributed by atoms with Gasteiger partial charge in [0.15, 0.2) is 0 Å². The van der Waals surface area contributed by atoms with Crippen LogP contribution in [0.2, 0.25) is 0 Å². The highest BCUT2D eigenvalue weighted by atomic mass is 32.1. The van der Waals surface area contributed by atoms with Crippen LogP contribution in [0.1, 0.15) is 55.2 Å². The van der Waals surface area contributed by atoms with Crippen molar-refractivity contribution in [2.24, 2.45) is 0 Å². The van der Waals surface area contributed by atoms with Gasteiger partial charge in [0, 0.05) is 30.5 Å². The molecule has 2 aliphatic rings. The summed E-state index contributed by atoms with van der Waals surface area (Å²) < 4.78 is 6.45. The minimum Gasteiger partial charge on any atom is -0.469 e. The van der Waals surface area contributed by atoms with Crippen molar-refractivity contribution >= 4 is 33.1 Å². The lowest BCUT2D eigenvalue weighted by atomic mass is 9.79. The maximum Gasteiger partial charge on any atom is 0.224 e. The number of nitrogens with zero attached hydrogens (tertiary/aromatic N) is 2. The summed E-state index contributed by atoms with van der Waals surface area (Å²) in [7, 11) is 0. The molecule has 6 heteroatoms. The molecule has 0 atom stereocenters. The van der Waals surface area contributed by atoms with Crippen LogP contribution in [0.25, 0.3) is 10.2 Å². The zero-order valence-electron chi connectivity index (χ0n) is 16.6. The molecule has 0 radical (unpaired) electrons. The van der Waals surface area contributed by atoms with Gasteiger partial charge in [-0.15, -0.1) is 11.3 Å². The van der Waals surface area contributed by atoms with Gasteiger partial charge in [-0.25, -0.2) is 4.98 Å². The molecule has 3 aromatic rings. The number of nitrogens with one attached hydrogen (secondary N) is 1. The number of aryl methyl sites for hydroxylation is 1. The number of piperidine rings is 1. The summed E-state index contributed by atoms with van der Waals surface area (Å²) >= 11 is 1.79. The quantitative estimate of drug-likeness (QED) is 0.608. The molecule has 0 unspecified atom stereocenters. The van der Waals surface area contributed by atoms with E-state index in [9.17, 15) is 4.79 Å². The zero-order chi connectivity index (χ0) is 19.6. The molecule has 3 heterocycles. The summed E-state index contributed by atoms with van der Waals surface area (Å²) in [6, 6.07) is 10.5. The molecule has 1 saturated carbocycles. The SMILES string of the molecule is O=C(CCc1ccco1)Nc1ccc2nc(C3CC(N4CCCCC4)C3)sc2c1. The van der Waals surface area contributed by atoms with Gasteiger partial charge in [-0.3, -0.25) is 4.79 Å². The third-order valence-electron chi connectivity index (χ3n) is 6.24. The molecule has 29 heavy (non-hydrogen) atoms. The average Bonchev–Trinajstić information content (AvgIpc) is 3.35. The Morgan fingerprint density at radius 3 is 2.86 bits per heavy atom. The summed E-state index contributed by atoms with van der Waals surface area (Å²) in [6.07, 6.45) is 9.28. The Kier molecular flexibility index (Phi) is 5.38.